The fourth-order valence-electron chi connectivity index (χ4n) is 5.50. The number of esters is 1. The van der Waals surface area contributed by atoms with Gasteiger partial charge in [-0.2, -0.15) is 0 Å². The van der Waals surface area contributed by atoms with Crippen LogP contribution in [0.3, 0.4) is 0 Å². The summed E-state index contributed by atoms with van der Waals surface area (Å²) in [4.78, 5) is 22.7. The lowest BCUT2D eigenvalue weighted by Gasteiger charge is -2.26. The summed E-state index contributed by atoms with van der Waals surface area (Å²) < 4.78 is 9.99. The summed E-state index contributed by atoms with van der Waals surface area (Å²) in [7, 11) is 0. The van der Waals surface area contributed by atoms with Crippen LogP contribution in [0.15, 0.2) is 48.5 Å². The van der Waals surface area contributed by atoms with E-state index in [-0.39, 0.29) is 18.7 Å². The number of hydrogen-bond acceptors (Lipinski definition) is 4. The van der Waals surface area contributed by atoms with E-state index in [1.54, 1.807) is 11.1 Å². The van der Waals surface area contributed by atoms with Gasteiger partial charge in [0.2, 0.25) is 0 Å². The van der Waals surface area contributed by atoms with Gasteiger partial charge in [-0.05, 0) is 71.2 Å². The number of ether oxygens (including phenoxy) is 2. The smallest absolute Gasteiger partial charge is 0.309 e. The topological polar surface area (TPSA) is 76.1 Å². The highest BCUT2D eigenvalue weighted by Crippen LogP contribution is 2.33. The van der Waals surface area contributed by atoms with Gasteiger partial charge in [0, 0.05) is 0 Å². The summed E-state index contributed by atoms with van der Waals surface area (Å²) in [5, 5.41) is 14.7. The average molecular weight is 461 g/mol. The highest BCUT2D eigenvalue weighted by atomic mass is 16.6. The highest BCUT2D eigenvalue weighted by Gasteiger charge is 2.37. The Morgan fingerprint density at radius 2 is 1.59 bits per heavy atom. The Morgan fingerprint density at radius 3 is 2.38 bits per heavy atom. The summed E-state index contributed by atoms with van der Waals surface area (Å²) in [6.07, 6.45) is 8.25. The van der Waals surface area contributed by atoms with Crippen LogP contribution in [-0.4, -0.2) is 36.4 Å². The summed E-state index contributed by atoms with van der Waals surface area (Å²) in [5.74, 6) is -2.29. The molecule has 0 amide bonds. The molecule has 3 unspecified atom stereocenters. The van der Waals surface area contributed by atoms with Crippen LogP contribution >= 0.6 is 0 Å². The number of epoxide rings is 1. The van der Waals surface area contributed by atoms with E-state index in [0.29, 0.717) is 19.4 Å². The van der Waals surface area contributed by atoms with E-state index in [4.69, 9.17) is 14.6 Å². The second-order valence-corrected chi connectivity index (χ2v) is 9.71. The first-order valence-corrected chi connectivity index (χ1v) is 12.5. The van der Waals surface area contributed by atoms with E-state index in [1.807, 2.05) is 0 Å². The van der Waals surface area contributed by atoms with Crippen molar-refractivity contribution >= 4 is 33.5 Å². The first kappa shape index (κ1) is 22.9. The molecular weight excluding hydrogens is 428 g/mol. The fourth-order valence-corrected chi connectivity index (χ4v) is 5.50. The number of fused-ring (bicyclic) bond motifs is 5. The molecule has 5 heteroatoms. The number of hydrogen-bond donors (Lipinski definition) is 1. The van der Waals surface area contributed by atoms with Gasteiger partial charge in [-0.3, -0.25) is 9.59 Å². The number of carbonyl (C=O) groups is 2. The molecule has 5 nitrogen and oxygen atoms in total. The van der Waals surface area contributed by atoms with Gasteiger partial charge in [-0.15, -0.1) is 0 Å². The average Bonchev–Trinajstić information content (AvgIpc) is 3.72. The zero-order valence-electron chi connectivity index (χ0n) is 19.5. The van der Waals surface area contributed by atoms with E-state index in [2.05, 4.69) is 48.5 Å². The maximum atomic E-state index is 11.7. The standard InChI is InChI=1S/C18H16.C11H16O5/c1-3-7-15-13(5-1)9-11-18-16-8-4-2-6-14(16)10-12-17(15)18;12-10(13)8-3-1-2-4-9(8)11(14)16-6-7-5-15-7/h1,3,5,7,9-12H,2,4,6,8H2;7-9H,1-6H2,(H,12,13). The van der Waals surface area contributed by atoms with Crippen molar-refractivity contribution in [1.29, 1.82) is 0 Å². The van der Waals surface area contributed by atoms with E-state index in [0.717, 1.165) is 12.8 Å². The first-order valence-electron chi connectivity index (χ1n) is 12.5. The minimum absolute atomic E-state index is 0.0378. The quantitative estimate of drug-likeness (QED) is 0.307. The molecule has 6 rings (SSSR count). The van der Waals surface area contributed by atoms with Crippen molar-refractivity contribution in [1.82, 2.24) is 0 Å². The van der Waals surface area contributed by atoms with Crippen molar-refractivity contribution < 1.29 is 24.2 Å². The van der Waals surface area contributed by atoms with Crippen LogP contribution < -0.4 is 0 Å². The number of carboxylic acid groups (broad SMARTS) is 1. The number of carbonyl (C=O) groups excluding carboxylic acids is 1. The third-order valence-electron chi connectivity index (χ3n) is 7.46. The number of rotatable bonds is 4. The number of benzene rings is 3. The molecule has 0 aromatic heterocycles. The molecule has 1 saturated heterocycles. The summed E-state index contributed by atoms with van der Waals surface area (Å²) in [6, 6.07) is 18.0. The molecule has 2 fully saturated rings. The minimum Gasteiger partial charge on any atom is -0.481 e. The third-order valence-corrected chi connectivity index (χ3v) is 7.46. The van der Waals surface area contributed by atoms with Gasteiger partial charge in [0.1, 0.15) is 12.7 Å². The summed E-state index contributed by atoms with van der Waals surface area (Å²) in [5.41, 5.74) is 3.17. The van der Waals surface area contributed by atoms with E-state index < -0.39 is 17.8 Å². The Labute approximate surface area is 200 Å². The van der Waals surface area contributed by atoms with Crippen LogP contribution in [0.2, 0.25) is 0 Å². The van der Waals surface area contributed by atoms with Crippen LogP contribution in [-0.2, 0) is 31.9 Å². The SMILES string of the molecule is O=C(O)C1CCCCC1C(=O)OCC1CO1.c1ccc2c(c1)ccc1c3c(ccc12)CCCC3. The predicted octanol–water partition coefficient (Wildman–Crippen LogP) is 5.69. The molecule has 3 atom stereocenters. The highest BCUT2D eigenvalue weighted by molar-refractivity contribution is 6.08. The van der Waals surface area contributed by atoms with Crippen molar-refractivity contribution in [3.8, 4) is 0 Å². The zero-order chi connectivity index (χ0) is 23.5. The molecular formula is C29H32O5. The normalized spacial score (nSPS) is 23.5. The van der Waals surface area contributed by atoms with Gasteiger partial charge in [-0.1, -0.05) is 61.4 Å². The predicted molar refractivity (Wildman–Crippen MR) is 132 cm³/mol. The first-order chi connectivity index (χ1) is 16.6. The molecule has 0 bridgehead atoms. The second kappa shape index (κ2) is 10.1. The van der Waals surface area contributed by atoms with Crippen molar-refractivity contribution in [2.45, 2.75) is 57.5 Å². The van der Waals surface area contributed by atoms with Crippen LogP contribution in [0.5, 0.6) is 0 Å². The largest absolute Gasteiger partial charge is 0.481 e. The van der Waals surface area contributed by atoms with Gasteiger partial charge in [0.25, 0.3) is 0 Å². The lowest BCUT2D eigenvalue weighted by Crippen LogP contribution is -2.34. The van der Waals surface area contributed by atoms with E-state index in [9.17, 15) is 9.59 Å². The molecule has 0 radical (unpaired) electrons. The minimum atomic E-state index is -0.885. The number of carboxylic acids is 1. The molecule has 34 heavy (non-hydrogen) atoms. The summed E-state index contributed by atoms with van der Waals surface area (Å²) >= 11 is 0. The van der Waals surface area contributed by atoms with Crippen LogP contribution in [0, 0.1) is 11.8 Å². The zero-order valence-corrected chi connectivity index (χ0v) is 19.5. The van der Waals surface area contributed by atoms with Gasteiger partial charge in [-0.25, -0.2) is 0 Å². The van der Waals surface area contributed by atoms with Crippen molar-refractivity contribution in [3.05, 3.63) is 59.7 Å². The molecule has 178 valence electrons. The van der Waals surface area contributed by atoms with Gasteiger partial charge < -0.3 is 14.6 Å². The summed E-state index contributed by atoms with van der Waals surface area (Å²) in [6.45, 7) is 0.905. The Morgan fingerprint density at radius 1 is 0.853 bits per heavy atom. The van der Waals surface area contributed by atoms with Gasteiger partial charge in [0.15, 0.2) is 0 Å². The number of aliphatic carboxylic acids is 1. The third kappa shape index (κ3) is 4.95. The van der Waals surface area contributed by atoms with Crippen molar-refractivity contribution in [2.24, 2.45) is 11.8 Å². The van der Waals surface area contributed by atoms with E-state index >= 15 is 0 Å². The molecule has 3 aromatic carbocycles. The Bertz CT molecular complexity index is 1200. The Balaban J connectivity index is 0.000000143. The molecule has 1 N–H and O–H groups in total. The van der Waals surface area contributed by atoms with Crippen LogP contribution in [0.4, 0.5) is 0 Å². The van der Waals surface area contributed by atoms with E-state index in [1.165, 1.54) is 47.2 Å². The molecule has 0 spiro atoms. The maximum absolute atomic E-state index is 11.7. The molecule has 1 aliphatic heterocycles. The Hall–Kier alpha value is -2.92. The van der Waals surface area contributed by atoms with Gasteiger partial charge in [0.05, 0.1) is 18.4 Å². The van der Waals surface area contributed by atoms with Crippen molar-refractivity contribution in [2.75, 3.05) is 13.2 Å². The van der Waals surface area contributed by atoms with Gasteiger partial charge >= 0.3 is 11.9 Å². The molecule has 1 saturated carbocycles. The molecule has 2 aliphatic carbocycles. The monoisotopic (exact) mass is 460 g/mol. The fraction of sp³-hybridized carbons (Fsp3) is 0.448. The second-order valence-electron chi connectivity index (χ2n) is 9.71. The van der Waals surface area contributed by atoms with Crippen molar-refractivity contribution in [3.63, 3.8) is 0 Å². The Kier molecular flexibility index (Phi) is 6.82. The maximum Gasteiger partial charge on any atom is 0.309 e. The molecule has 3 aromatic rings. The molecule has 3 aliphatic rings. The number of aryl methyl sites for hydroxylation is 2. The molecule has 1 heterocycles. The lowest BCUT2D eigenvalue weighted by atomic mass is 9.79. The lowest BCUT2D eigenvalue weighted by molar-refractivity contribution is -0.160. The van der Waals surface area contributed by atoms with Crippen LogP contribution in [0.25, 0.3) is 21.5 Å². The van der Waals surface area contributed by atoms with Crippen LogP contribution in [0.1, 0.15) is 49.7 Å².